The predicted molar refractivity (Wildman–Crippen MR) is 57.8 cm³/mol. The van der Waals surface area contributed by atoms with E-state index in [-0.39, 0.29) is 5.83 Å². The van der Waals surface area contributed by atoms with Gasteiger partial charge in [0.1, 0.15) is 5.83 Å². The van der Waals surface area contributed by atoms with Gasteiger partial charge in [0.2, 0.25) is 0 Å². The van der Waals surface area contributed by atoms with Gasteiger partial charge in [-0.25, -0.2) is 4.39 Å². The third-order valence-electron chi connectivity index (χ3n) is 1.89. The highest BCUT2D eigenvalue weighted by Gasteiger charge is 1.98. The van der Waals surface area contributed by atoms with Gasteiger partial charge in [0.05, 0.1) is 0 Å². The zero-order valence-corrected chi connectivity index (χ0v) is 8.92. The van der Waals surface area contributed by atoms with Crippen LogP contribution in [0.25, 0.3) is 0 Å². The van der Waals surface area contributed by atoms with Crippen molar-refractivity contribution in [2.45, 2.75) is 13.3 Å². The Balaban J connectivity index is 2.65. The number of rotatable bonds is 3. The minimum atomic E-state index is -0.112. The lowest BCUT2D eigenvalue weighted by Gasteiger charge is -2.05. The van der Waals surface area contributed by atoms with Crippen LogP contribution in [-0.2, 0) is 6.42 Å². The van der Waals surface area contributed by atoms with E-state index in [1.807, 2.05) is 45.3 Å². The molecule has 0 saturated heterocycles. The third kappa shape index (κ3) is 3.60. The fourth-order valence-corrected chi connectivity index (χ4v) is 1.23. The first-order valence-corrected chi connectivity index (χ1v) is 4.66. The smallest absolute Gasteiger partial charge is 0.120 e. The third-order valence-corrected chi connectivity index (χ3v) is 1.89. The topological polar surface area (TPSA) is 3.24 Å². The molecule has 0 N–H and O–H groups in total. The molecule has 0 aliphatic heterocycles. The van der Waals surface area contributed by atoms with Gasteiger partial charge >= 0.3 is 0 Å². The molecule has 0 aliphatic rings. The van der Waals surface area contributed by atoms with Crippen molar-refractivity contribution in [3.05, 3.63) is 47.4 Å². The lowest BCUT2D eigenvalue weighted by molar-refractivity contribution is 0.511. The molecule has 0 aliphatic carbocycles. The maximum Gasteiger partial charge on any atom is 0.120 e. The Hall–Kier alpha value is -1.31. The summed E-state index contributed by atoms with van der Waals surface area (Å²) in [5, 5.41) is 0. The summed E-state index contributed by atoms with van der Waals surface area (Å²) < 4.78 is 13.3. The molecule has 0 atom stereocenters. The summed E-state index contributed by atoms with van der Waals surface area (Å²) >= 11 is 0. The lowest BCUT2D eigenvalue weighted by Crippen LogP contribution is -2.02. The van der Waals surface area contributed by atoms with E-state index in [2.05, 4.69) is 0 Å². The van der Waals surface area contributed by atoms with Crippen molar-refractivity contribution in [2.24, 2.45) is 0 Å². The highest BCUT2D eigenvalue weighted by atomic mass is 19.1. The maximum atomic E-state index is 13.3. The summed E-state index contributed by atoms with van der Waals surface area (Å²) in [5.74, 6) is -0.112. The van der Waals surface area contributed by atoms with E-state index < -0.39 is 0 Å². The molecule has 0 unspecified atom stereocenters. The van der Waals surface area contributed by atoms with Crippen molar-refractivity contribution < 1.29 is 4.39 Å². The molecule has 2 heteroatoms. The zero-order valence-electron chi connectivity index (χ0n) is 8.92. The van der Waals surface area contributed by atoms with E-state index in [9.17, 15) is 4.39 Å². The Morgan fingerprint density at radius 1 is 1.29 bits per heavy atom. The zero-order chi connectivity index (χ0) is 10.6. The molecule has 0 saturated carbocycles. The first-order chi connectivity index (χ1) is 6.58. The molecule has 14 heavy (non-hydrogen) atoms. The van der Waals surface area contributed by atoms with Crippen LogP contribution in [0, 0.1) is 6.92 Å². The number of hydrogen-bond acceptors (Lipinski definition) is 1. The van der Waals surface area contributed by atoms with E-state index in [1.165, 1.54) is 11.8 Å². The number of allylic oxidation sites excluding steroid dienone is 1. The summed E-state index contributed by atoms with van der Waals surface area (Å²) in [6.07, 6.45) is 1.87. The largest absolute Gasteiger partial charge is 0.381 e. The van der Waals surface area contributed by atoms with Gasteiger partial charge in [-0.1, -0.05) is 29.8 Å². The normalized spacial score (nSPS) is 11.6. The Labute approximate surface area is 84.9 Å². The minimum absolute atomic E-state index is 0.112. The second kappa shape index (κ2) is 4.80. The second-order valence-corrected chi connectivity index (χ2v) is 3.70. The molecular formula is C12H16FN. The summed E-state index contributed by atoms with van der Waals surface area (Å²) in [6, 6.07) is 7.91. The standard InChI is InChI=1S/C12H16FN/c1-10-4-6-11(7-5-10)8-12(13)9-14(2)3/h4-7,9H,8H2,1-3H3/b12-9-. The number of aryl methyl sites for hydroxylation is 1. The van der Waals surface area contributed by atoms with Crippen molar-refractivity contribution in [1.29, 1.82) is 0 Å². The van der Waals surface area contributed by atoms with Crippen molar-refractivity contribution in [2.75, 3.05) is 14.1 Å². The van der Waals surface area contributed by atoms with Gasteiger partial charge in [0.25, 0.3) is 0 Å². The first-order valence-electron chi connectivity index (χ1n) is 4.66. The summed E-state index contributed by atoms with van der Waals surface area (Å²) in [6.45, 7) is 2.02. The van der Waals surface area contributed by atoms with E-state index in [4.69, 9.17) is 0 Å². The van der Waals surface area contributed by atoms with Gasteiger partial charge in [-0.3, -0.25) is 0 Å². The molecule has 0 spiro atoms. The number of halogens is 1. The average molecular weight is 193 g/mol. The first kappa shape index (κ1) is 10.8. The van der Waals surface area contributed by atoms with E-state index >= 15 is 0 Å². The lowest BCUT2D eigenvalue weighted by atomic mass is 10.1. The summed E-state index contributed by atoms with van der Waals surface area (Å²) in [5.41, 5.74) is 2.21. The molecule has 1 aromatic carbocycles. The Morgan fingerprint density at radius 3 is 2.36 bits per heavy atom. The number of benzene rings is 1. The molecular weight excluding hydrogens is 177 g/mol. The van der Waals surface area contributed by atoms with Crippen LogP contribution >= 0.6 is 0 Å². The van der Waals surface area contributed by atoms with Crippen LogP contribution in [0.2, 0.25) is 0 Å². The van der Waals surface area contributed by atoms with Gasteiger partial charge in [0, 0.05) is 26.7 Å². The van der Waals surface area contributed by atoms with Crippen LogP contribution in [0.5, 0.6) is 0 Å². The summed E-state index contributed by atoms with van der Waals surface area (Å²) in [4.78, 5) is 1.71. The van der Waals surface area contributed by atoms with Gasteiger partial charge < -0.3 is 4.90 Å². The van der Waals surface area contributed by atoms with E-state index in [0.29, 0.717) is 6.42 Å². The quantitative estimate of drug-likeness (QED) is 0.713. The molecule has 0 amide bonds. The van der Waals surface area contributed by atoms with Crippen LogP contribution in [0.3, 0.4) is 0 Å². The highest BCUT2D eigenvalue weighted by molar-refractivity contribution is 5.24. The number of hydrogen-bond donors (Lipinski definition) is 0. The van der Waals surface area contributed by atoms with Crippen LogP contribution in [0.15, 0.2) is 36.3 Å². The monoisotopic (exact) mass is 193 g/mol. The van der Waals surface area contributed by atoms with Crippen molar-refractivity contribution in [3.63, 3.8) is 0 Å². The van der Waals surface area contributed by atoms with Gasteiger partial charge in [-0.2, -0.15) is 0 Å². The average Bonchev–Trinajstić information content (AvgIpc) is 2.07. The Bertz CT molecular complexity index is 312. The van der Waals surface area contributed by atoms with Crippen molar-refractivity contribution in [3.8, 4) is 0 Å². The molecule has 1 nitrogen and oxygen atoms in total. The molecule has 1 rings (SSSR count). The molecule has 0 radical (unpaired) electrons. The van der Waals surface area contributed by atoms with Crippen LogP contribution < -0.4 is 0 Å². The van der Waals surface area contributed by atoms with E-state index in [1.54, 1.807) is 4.90 Å². The maximum absolute atomic E-state index is 13.3. The molecule has 0 fully saturated rings. The van der Waals surface area contributed by atoms with Crippen LogP contribution in [-0.4, -0.2) is 19.0 Å². The van der Waals surface area contributed by atoms with Crippen molar-refractivity contribution in [1.82, 2.24) is 4.90 Å². The molecule has 0 heterocycles. The Kier molecular flexibility index (Phi) is 3.69. The van der Waals surface area contributed by atoms with Crippen molar-refractivity contribution >= 4 is 0 Å². The molecule has 0 bridgehead atoms. The van der Waals surface area contributed by atoms with Crippen LogP contribution in [0.1, 0.15) is 11.1 Å². The number of nitrogens with zero attached hydrogens (tertiary/aromatic N) is 1. The second-order valence-electron chi connectivity index (χ2n) is 3.70. The SMILES string of the molecule is Cc1ccc(C/C(F)=C/N(C)C)cc1. The van der Waals surface area contributed by atoms with Gasteiger partial charge in [-0.05, 0) is 12.5 Å². The highest BCUT2D eigenvalue weighted by Crippen LogP contribution is 2.10. The minimum Gasteiger partial charge on any atom is -0.381 e. The summed E-state index contributed by atoms with van der Waals surface area (Å²) in [7, 11) is 3.63. The molecule has 0 aromatic heterocycles. The predicted octanol–water partition coefficient (Wildman–Crippen LogP) is 2.91. The van der Waals surface area contributed by atoms with Gasteiger partial charge in [0.15, 0.2) is 0 Å². The van der Waals surface area contributed by atoms with Gasteiger partial charge in [-0.15, -0.1) is 0 Å². The molecule has 1 aromatic rings. The molecule has 76 valence electrons. The Morgan fingerprint density at radius 2 is 1.86 bits per heavy atom. The van der Waals surface area contributed by atoms with Crippen LogP contribution in [0.4, 0.5) is 4.39 Å². The fourth-order valence-electron chi connectivity index (χ4n) is 1.23. The van der Waals surface area contributed by atoms with E-state index in [0.717, 1.165) is 5.56 Å². The fraction of sp³-hybridized carbons (Fsp3) is 0.333.